The molecule has 0 heterocycles. The highest BCUT2D eigenvalue weighted by Gasteiger charge is 2.30. The first-order valence-corrected chi connectivity index (χ1v) is 11.8. The number of benzene rings is 1. The van der Waals surface area contributed by atoms with Gasteiger partial charge in [-0.1, -0.05) is 12.1 Å². The van der Waals surface area contributed by atoms with Gasteiger partial charge in [0.1, 0.15) is 23.9 Å². The summed E-state index contributed by atoms with van der Waals surface area (Å²) in [7, 11) is 0. The smallest absolute Gasteiger partial charge is 0.326 e. The second kappa shape index (κ2) is 15.6. The Kier molecular flexibility index (Phi) is 13.3. The molecule has 0 radical (unpaired) electrons. The number of hydrogen-bond acceptors (Lipinski definition) is 9. The van der Waals surface area contributed by atoms with Crippen molar-refractivity contribution in [1.82, 2.24) is 16.0 Å². The maximum absolute atomic E-state index is 12.9. The monoisotopic (exact) mass is 527 g/mol. The van der Waals surface area contributed by atoms with E-state index in [0.29, 0.717) is 24.9 Å². The number of rotatable bonds is 16. The minimum Gasteiger partial charge on any atom is -0.508 e. The molecule has 1 aromatic carbocycles. The van der Waals surface area contributed by atoms with Crippen LogP contribution in [-0.2, 0) is 30.4 Å². The number of amides is 3. The number of thiol groups is 1. The summed E-state index contributed by atoms with van der Waals surface area (Å²) in [5.41, 5.74) is 11.6. The van der Waals surface area contributed by atoms with Crippen LogP contribution < -0.4 is 27.4 Å². The van der Waals surface area contributed by atoms with Crippen molar-refractivity contribution in [2.24, 2.45) is 11.5 Å². The number of carbonyl (C=O) groups excluding carboxylic acids is 3. The first-order chi connectivity index (χ1) is 17.0. The van der Waals surface area contributed by atoms with Gasteiger partial charge in [0.2, 0.25) is 17.7 Å². The Morgan fingerprint density at radius 3 is 1.94 bits per heavy atom. The zero-order valence-electron chi connectivity index (χ0n) is 19.6. The highest BCUT2D eigenvalue weighted by atomic mass is 32.1. The zero-order valence-corrected chi connectivity index (χ0v) is 20.4. The molecule has 200 valence electrons. The summed E-state index contributed by atoms with van der Waals surface area (Å²) in [6.07, 6.45) is 0.438. The Morgan fingerprint density at radius 2 is 1.42 bits per heavy atom. The van der Waals surface area contributed by atoms with Crippen LogP contribution in [0.1, 0.15) is 31.2 Å². The third-order valence-electron chi connectivity index (χ3n) is 5.12. The van der Waals surface area contributed by atoms with Crippen molar-refractivity contribution in [2.75, 3.05) is 12.3 Å². The third-order valence-corrected chi connectivity index (χ3v) is 5.48. The van der Waals surface area contributed by atoms with Crippen molar-refractivity contribution in [3.8, 4) is 5.75 Å². The molecule has 14 heteroatoms. The molecule has 4 atom stereocenters. The van der Waals surface area contributed by atoms with E-state index in [9.17, 15) is 34.2 Å². The van der Waals surface area contributed by atoms with Gasteiger partial charge in [-0.25, -0.2) is 4.79 Å². The first-order valence-electron chi connectivity index (χ1n) is 11.2. The summed E-state index contributed by atoms with van der Waals surface area (Å²) >= 11 is 4.07. The Morgan fingerprint density at radius 1 is 0.861 bits per heavy atom. The number of nitrogens with one attached hydrogen (secondary N) is 3. The number of aliphatic carboxylic acids is 2. The number of carbonyl (C=O) groups is 5. The number of nitrogens with two attached hydrogens (primary N) is 2. The SMILES string of the molecule is NCCCCC(NC(=O)C(N)CC(=O)O)C(=O)NC(CS)C(=O)NC(Cc1ccc(O)cc1)C(=O)O. The van der Waals surface area contributed by atoms with Gasteiger partial charge in [0.25, 0.3) is 0 Å². The Labute approximate surface area is 213 Å². The van der Waals surface area contributed by atoms with E-state index in [0.717, 1.165) is 0 Å². The molecule has 1 rings (SSSR count). The molecule has 0 aromatic heterocycles. The van der Waals surface area contributed by atoms with Gasteiger partial charge < -0.3 is 42.7 Å². The van der Waals surface area contributed by atoms with E-state index in [1.807, 2.05) is 0 Å². The maximum atomic E-state index is 12.9. The van der Waals surface area contributed by atoms with E-state index in [1.165, 1.54) is 24.3 Å². The van der Waals surface area contributed by atoms with Crippen molar-refractivity contribution in [3.63, 3.8) is 0 Å². The molecule has 1 aromatic rings. The van der Waals surface area contributed by atoms with E-state index in [2.05, 4.69) is 28.6 Å². The molecular formula is C22H33N5O8S. The summed E-state index contributed by atoms with van der Waals surface area (Å²) in [4.78, 5) is 60.3. The lowest BCUT2D eigenvalue weighted by Crippen LogP contribution is -2.58. The predicted octanol–water partition coefficient (Wildman–Crippen LogP) is -1.67. The molecule has 0 aliphatic rings. The summed E-state index contributed by atoms with van der Waals surface area (Å²) < 4.78 is 0. The second-order valence-corrected chi connectivity index (χ2v) is 8.43. The molecule has 0 saturated heterocycles. The third kappa shape index (κ3) is 10.9. The summed E-state index contributed by atoms with van der Waals surface area (Å²) in [6, 6.07) is 0.721. The lowest BCUT2D eigenvalue weighted by atomic mass is 10.0. The number of unbranched alkanes of at least 4 members (excludes halogenated alkanes) is 1. The molecule has 36 heavy (non-hydrogen) atoms. The van der Waals surface area contributed by atoms with Crippen molar-refractivity contribution in [2.45, 2.75) is 56.3 Å². The number of phenols is 1. The van der Waals surface area contributed by atoms with Gasteiger partial charge in [0, 0.05) is 12.2 Å². The molecule has 10 N–H and O–H groups in total. The number of carboxylic acids is 2. The largest absolute Gasteiger partial charge is 0.508 e. The van der Waals surface area contributed by atoms with E-state index in [4.69, 9.17) is 16.6 Å². The van der Waals surface area contributed by atoms with Crippen LogP contribution in [0.4, 0.5) is 0 Å². The van der Waals surface area contributed by atoms with E-state index < -0.39 is 60.2 Å². The molecule has 0 aliphatic carbocycles. The Bertz CT molecular complexity index is 914. The van der Waals surface area contributed by atoms with Gasteiger partial charge in [0.15, 0.2) is 0 Å². The molecule has 0 fully saturated rings. The molecule has 0 aliphatic heterocycles. The fraction of sp³-hybridized carbons (Fsp3) is 0.500. The highest BCUT2D eigenvalue weighted by molar-refractivity contribution is 7.80. The standard InChI is InChI=1S/C22H33N5O8S/c23-8-2-1-3-15(25-19(31)14(24)10-18(29)30)20(32)27-17(11-36)21(33)26-16(22(34)35)9-12-4-6-13(28)7-5-12/h4-7,14-17,28,36H,1-3,8-11,23-24H2,(H,25,31)(H,26,33)(H,27,32)(H,29,30)(H,34,35). The predicted molar refractivity (Wildman–Crippen MR) is 132 cm³/mol. The fourth-order valence-electron chi connectivity index (χ4n) is 3.13. The molecule has 13 nitrogen and oxygen atoms in total. The van der Waals surface area contributed by atoms with Crippen LogP contribution in [0.5, 0.6) is 5.75 Å². The van der Waals surface area contributed by atoms with Crippen LogP contribution in [0.25, 0.3) is 0 Å². The van der Waals surface area contributed by atoms with Crippen molar-refractivity contribution in [3.05, 3.63) is 29.8 Å². The molecule has 0 saturated carbocycles. The number of carboxylic acid groups (broad SMARTS) is 2. The normalized spacial score (nSPS) is 14.1. The van der Waals surface area contributed by atoms with Crippen LogP contribution in [0, 0.1) is 0 Å². The van der Waals surface area contributed by atoms with Gasteiger partial charge in [-0.15, -0.1) is 0 Å². The summed E-state index contributed by atoms with van der Waals surface area (Å²) in [6.45, 7) is 0.347. The number of aromatic hydroxyl groups is 1. The number of hydrogen-bond donors (Lipinski definition) is 9. The van der Waals surface area contributed by atoms with Crippen LogP contribution >= 0.6 is 12.6 Å². The molecule has 4 unspecified atom stereocenters. The van der Waals surface area contributed by atoms with E-state index in [-0.39, 0.29) is 24.3 Å². The Balaban J connectivity index is 2.88. The number of phenolic OH excluding ortho intramolecular Hbond substituents is 1. The second-order valence-electron chi connectivity index (χ2n) is 8.06. The van der Waals surface area contributed by atoms with Crippen molar-refractivity contribution >= 4 is 42.3 Å². The topological polar surface area (TPSA) is 234 Å². The quantitative estimate of drug-likeness (QED) is 0.0876. The van der Waals surface area contributed by atoms with Gasteiger partial charge >= 0.3 is 11.9 Å². The van der Waals surface area contributed by atoms with Crippen LogP contribution in [-0.4, -0.2) is 81.4 Å². The van der Waals surface area contributed by atoms with Crippen LogP contribution in [0.15, 0.2) is 24.3 Å². The average Bonchev–Trinajstić information content (AvgIpc) is 2.81. The van der Waals surface area contributed by atoms with Crippen LogP contribution in [0.3, 0.4) is 0 Å². The fourth-order valence-corrected chi connectivity index (χ4v) is 3.38. The van der Waals surface area contributed by atoms with Gasteiger partial charge in [-0.05, 0) is 43.5 Å². The van der Waals surface area contributed by atoms with E-state index >= 15 is 0 Å². The lowest BCUT2D eigenvalue weighted by molar-refractivity contribution is -0.142. The minimum absolute atomic E-state index is 0.00420. The van der Waals surface area contributed by atoms with Gasteiger partial charge in [-0.2, -0.15) is 12.6 Å². The summed E-state index contributed by atoms with van der Waals surface area (Å²) in [5, 5.41) is 34.9. The average molecular weight is 528 g/mol. The molecule has 0 bridgehead atoms. The highest BCUT2D eigenvalue weighted by Crippen LogP contribution is 2.12. The first kappa shape index (κ1) is 30.7. The molecular weight excluding hydrogens is 494 g/mol. The van der Waals surface area contributed by atoms with Crippen LogP contribution in [0.2, 0.25) is 0 Å². The summed E-state index contributed by atoms with van der Waals surface area (Å²) in [5.74, 6) is -5.16. The molecule has 3 amide bonds. The van der Waals surface area contributed by atoms with Crippen molar-refractivity contribution < 1.29 is 39.3 Å². The van der Waals surface area contributed by atoms with E-state index in [1.54, 1.807) is 0 Å². The maximum Gasteiger partial charge on any atom is 0.326 e. The zero-order chi connectivity index (χ0) is 27.3. The lowest BCUT2D eigenvalue weighted by Gasteiger charge is -2.24. The minimum atomic E-state index is -1.38. The molecule has 0 spiro atoms. The van der Waals surface area contributed by atoms with Crippen molar-refractivity contribution in [1.29, 1.82) is 0 Å². The van der Waals surface area contributed by atoms with Gasteiger partial charge in [-0.3, -0.25) is 19.2 Å². The van der Waals surface area contributed by atoms with Gasteiger partial charge in [0.05, 0.1) is 12.5 Å². The Hall–Kier alpha value is -3.36.